The maximum Gasteiger partial charge on any atom is 0.264 e. The molecule has 148 valence electrons. The normalized spacial score (nSPS) is 31.1. The van der Waals surface area contributed by atoms with Crippen molar-refractivity contribution in [3.05, 3.63) is 54.9 Å². The summed E-state index contributed by atoms with van der Waals surface area (Å²) in [6.45, 7) is 4.36. The predicted molar refractivity (Wildman–Crippen MR) is 110 cm³/mol. The van der Waals surface area contributed by atoms with Gasteiger partial charge in [0, 0.05) is 18.2 Å². The lowest BCUT2D eigenvalue weighted by Gasteiger charge is -2.56. The minimum absolute atomic E-state index is 0.133. The Hall–Kier alpha value is -2.08. The summed E-state index contributed by atoms with van der Waals surface area (Å²) in [5.41, 5.74) is 1.20. The second-order valence-corrected chi connectivity index (χ2v) is 10.7. The molecule has 4 fully saturated rings. The van der Waals surface area contributed by atoms with Crippen LogP contribution >= 0.6 is 0 Å². The molecule has 0 atom stereocenters. The second-order valence-electron chi connectivity index (χ2n) is 9.01. The summed E-state index contributed by atoms with van der Waals surface area (Å²) in [6.07, 6.45) is 11.6. The first-order valence-corrected chi connectivity index (χ1v) is 11.7. The van der Waals surface area contributed by atoms with Gasteiger partial charge < -0.3 is 4.57 Å². The summed E-state index contributed by atoms with van der Waals surface area (Å²) >= 11 is 0. The van der Waals surface area contributed by atoms with E-state index >= 15 is 0 Å². The van der Waals surface area contributed by atoms with Crippen molar-refractivity contribution in [2.75, 3.05) is 4.72 Å². The third-order valence-corrected chi connectivity index (χ3v) is 8.31. The largest absolute Gasteiger partial charge is 0.313 e. The highest BCUT2D eigenvalue weighted by Gasteiger charge is 2.52. The molecule has 4 saturated carbocycles. The van der Waals surface area contributed by atoms with E-state index in [0.29, 0.717) is 12.5 Å². The summed E-state index contributed by atoms with van der Waals surface area (Å²) in [6, 6.07) is 8.46. The lowest BCUT2D eigenvalue weighted by Crippen LogP contribution is -2.48. The topological polar surface area (TPSA) is 64.0 Å². The molecular weight excluding hydrogens is 370 g/mol. The predicted octanol–water partition coefficient (Wildman–Crippen LogP) is 4.34. The van der Waals surface area contributed by atoms with Gasteiger partial charge in [0.15, 0.2) is 0 Å². The van der Waals surface area contributed by atoms with E-state index in [0.717, 1.165) is 23.4 Å². The van der Waals surface area contributed by atoms with E-state index in [4.69, 9.17) is 4.98 Å². The molecule has 0 spiro atoms. The summed E-state index contributed by atoms with van der Waals surface area (Å²) in [4.78, 5) is 5.10. The minimum Gasteiger partial charge on any atom is -0.313 e. The van der Waals surface area contributed by atoms with Gasteiger partial charge >= 0.3 is 0 Å². The molecule has 4 aliphatic carbocycles. The molecule has 6 heteroatoms. The number of hydrogen-bond donors (Lipinski definition) is 1. The standard InChI is InChI=1S/C22H27N3O2S/c1-2-8-25-15-20(22-12-16-9-17(13-22)11-18(10-16)14-22)23-21(25)24-28(26,27)19-6-4-3-5-7-19/h2-7,15-18H,1,8-14H2,(H,23,24). The van der Waals surface area contributed by atoms with Crippen LogP contribution in [0.2, 0.25) is 0 Å². The Morgan fingerprint density at radius 2 is 1.71 bits per heavy atom. The van der Waals surface area contributed by atoms with Crippen molar-refractivity contribution in [2.45, 2.75) is 55.4 Å². The smallest absolute Gasteiger partial charge is 0.264 e. The Balaban J connectivity index is 1.50. The van der Waals surface area contributed by atoms with Gasteiger partial charge in [-0.2, -0.15) is 0 Å². The minimum atomic E-state index is -3.66. The molecule has 1 aromatic heterocycles. The number of hydrogen-bond acceptors (Lipinski definition) is 3. The van der Waals surface area contributed by atoms with Gasteiger partial charge in [-0.15, -0.1) is 6.58 Å². The molecule has 28 heavy (non-hydrogen) atoms. The fourth-order valence-corrected chi connectivity index (χ4v) is 7.27. The zero-order valence-corrected chi connectivity index (χ0v) is 16.9. The third kappa shape index (κ3) is 2.98. The average Bonchev–Trinajstić information content (AvgIpc) is 3.04. The van der Waals surface area contributed by atoms with Crippen LogP contribution in [-0.2, 0) is 22.0 Å². The molecule has 0 amide bonds. The Bertz CT molecular complexity index is 959. The van der Waals surface area contributed by atoms with Crippen LogP contribution in [0.5, 0.6) is 0 Å². The van der Waals surface area contributed by atoms with E-state index in [-0.39, 0.29) is 10.3 Å². The summed E-state index contributed by atoms with van der Waals surface area (Å²) in [7, 11) is -3.66. The number of rotatable bonds is 6. The van der Waals surface area contributed by atoms with Crippen molar-refractivity contribution < 1.29 is 8.42 Å². The van der Waals surface area contributed by atoms with E-state index in [9.17, 15) is 8.42 Å². The fourth-order valence-electron chi connectivity index (χ4n) is 6.23. The molecule has 1 N–H and O–H groups in total. The zero-order chi connectivity index (χ0) is 19.4. The van der Waals surface area contributed by atoms with Gasteiger partial charge in [0.1, 0.15) is 0 Å². The first-order valence-electron chi connectivity index (χ1n) is 10.2. The van der Waals surface area contributed by atoms with Crippen molar-refractivity contribution in [3.8, 4) is 0 Å². The van der Waals surface area contributed by atoms with E-state index in [1.165, 1.54) is 38.5 Å². The van der Waals surface area contributed by atoms with Crippen molar-refractivity contribution in [3.63, 3.8) is 0 Å². The van der Waals surface area contributed by atoms with Crippen molar-refractivity contribution in [1.82, 2.24) is 9.55 Å². The van der Waals surface area contributed by atoms with Crippen molar-refractivity contribution >= 4 is 16.0 Å². The van der Waals surface area contributed by atoms with Crippen LogP contribution in [-0.4, -0.2) is 18.0 Å². The molecule has 0 unspecified atom stereocenters. The third-order valence-electron chi connectivity index (χ3n) is 6.96. The van der Waals surface area contributed by atoms with Gasteiger partial charge in [-0.05, 0) is 68.4 Å². The first-order chi connectivity index (χ1) is 13.5. The highest BCUT2D eigenvalue weighted by atomic mass is 32.2. The SMILES string of the molecule is C=CCn1cc(C23CC4CC(CC(C4)C2)C3)nc1NS(=O)(=O)c1ccccc1. The molecule has 2 aromatic rings. The van der Waals surface area contributed by atoms with E-state index in [1.807, 2.05) is 10.6 Å². The van der Waals surface area contributed by atoms with Crippen molar-refractivity contribution in [1.29, 1.82) is 0 Å². The molecule has 5 nitrogen and oxygen atoms in total. The quantitative estimate of drug-likeness (QED) is 0.738. The van der Waals surface area contributed by atoms with Crippen LogP contribution in [0.1, 0.15) is 44.2 Å². The number of benzene rings is 1. The fraction of sp³-hybridized carbons (Fsp3) is 0.500. The number of aromatic nitrogens is 2. The average molecular weight is 398 g/mol. The Labute approximate surface area is 166 Å². The van der Waals surface area contributed by atoms with Gasteiger partial charge in [0.2, 0.25) is 5.95 Å². The molecule has 0 saturated heterocycles. The zero-order valence-electron chi connectivity index (χ0n) is 16.0. The van der Waals surface area contributed by atoms with Gasteiger partial charge in [-0.3, -0.25) is 0 Å². The number of anilines is 1. The second kappa shape index (κ2) is 6.48. The number of sulfonamides is 1. The van der Waals surface area contributed by atoms with Gasteiger partial charge in [-0.1, -0.05) is 24.3 Å². The van der Waals surface area contributed by atoms with Crippen LogP contribution in [0.4, 0.5) is 5.95 Å². The summed E-state index contributed by atoms with van der Waals surface area (Å²) in [5, 5.41) is 0. The van der Waals surface area contributed by atoms with Crippen LogP contribution < -0.4 is 4.72 Å². The molecule has 1 aromatic carbocycles. The number of nitrogens with one attached hydrogen (secondary N) is 1. The van der Waals surface area contributed by atoms with E-state index in [1.54, 1.807) is 30.3 Å². The Morgan fingerprint density at radius 1 is 1.11 bits per heavy atom. The Kier molecular flexibility index (Phi) is 4.16. The van der Waals surface area contributed by atoms with Gasteiger partial charge in [-0.25, -0.2) is 18.1 Å². The van der Waals surface area contributed by atoms with Gasteiger partial charge in [0.25, 0.3) is 10.0 Å². The maximum atomic E-state index is 12.8. The van der Waals surface area contributed by atoms with Crippen LogP contribution in [0, 0.1) is 17.8 Å². The molecule has 0 aliphatic heterocycles. The number of nitrogens with zero attached hydrogens (tertiary/aromatic N) is 2. The Morgan fingerprint density at radius 3 is 2.29 bits per heavy atom. The summed E-state index contributed by atoms with van der Waals surface area (Å²) in [5.74, 6) is 2.86. The van der Waals surface area contributed by atoms with Crippen LogP contribution in [0.15, 0.2) is 54.1 Å². The monoisotopic (exact) mass is 397 g/mol. The van der Waals surface area contributed by atoms with Crippen LogP contribution in [0.25, 0.3) is 0 Å². The van der Waals surface area contributed by atoms with Crippen molar-refractivity contribution in [2.24, 2.45) is 17.8 Å². The maximum absolute atomic E-state index is 12.8. The highest BCUT2D eigenvalue weighted by molar-refractivity contribution is 7.92. The first kappa shape index (κ1) is 18.0. The lowest BCUT2D eigenvalue weighted by molar-refractivity contribution is -0.00703. The molecule has 6 rings (SSSR count). The molecule has 4 bridgehead atoms. The van der Waals surface area contributed by atoms with Gasteiger partial charge in [0.05, 0.1) is 10.6 Å². The van der Waals surface area contributed by atoms with Crippen LogP contribution in [0.3, 0.4) is 0 Å². The lowest BCUT2D eigenvalue weighted by atomic mass is 9.49. The molecule has 1 heterocycles. The highest BCUT2D eigenvalue weighted by Crippen LogP contribution is 2.60. The molecule has 4 aliphatic rings. The summed E-state index contributed by atoms with van der Waals surface area (Å²) < 4.78 is 30.3. The van der Waals surface area contributed by atoms with E-state index < -0.39 is 10.0 Å². The molecular formula is C22H27N3O2S. The number of imidazole rings is 1. The number of allylic oxidation sites excluding steroid dienone is 1. The molecule has 0 radical (unpaired) electrons. The van der Waals surface area contributed by atoms with E-state index in [2.05, 4.69) is 17.5 Å².